The van der Waals surface area contributed by atoms with Crippen LogP contribution < -0.4 is 0 Å². The molecule has 1 heterocycles. The van der Waals surface area contributed by atoms with Gasteiger partial charge in [0.05, 0.1) is 13.2 Å². The highest BCUT2D eigenvalue weighted by molar-refractivity contribution is 5.24. The molecule has 5 heteroatoms. The monoisotopic (exact) mass is 246 g/mol. The van der Waals surface area contributed by atoms with E-state index in [-0.39, 0.29) is 18.3 Å². The summed E-state index contributed by atoms with van der Waals surface area (Å²) in [5.74, 6) is 0. The Morgan fingerprint density at radius 1 is 1.35 bits per heavy atom. The zero-order valence-corrected chi connectivity index (χ0v) is 9.33. The van der Waals surface area contributed by atoms with E-state index in [0.717, 1.165) is 5.56 Å². The number of rotatable bonds is 4. The van der Waals surface area contributed by atoms with Crippen LogP contribution in [-0.4, -0.2) is 25.5 Å². The maximum Gasteiger partial charge on any atom is 0.418 e. The Hall–Kier alpha value is -1.07. The molecule has 2 nitrogen and oxygen atoms in total. The van der Waals surface area contributed by atoms with Gasteiger partial charge in [0, 0.05) is 0 Å². The third kappa shape index (κ3) is 3.44. The highest BCUT2D eigenvalue weighted by Crippen LogP contribution is 2.36. The molecule has 1 aliphatic heterocycles. The number of benzene rings is 1. The van der Waals surface area contributed by atoms with Gasteiger partial charge in [0.25, 0.3) is 0 Å². The van der Waals surface area contributed by atoms with Crippen LogP contribution in [0.1, 0.15) is 17.2 Å². The molecule has 17 heavy (non-hydrogen) atoms. The average molecular weight is 246 g/mol. The topological polar surface area (TPSA) is 21.8 Å². The van der Waals surface area contributed by atoms with E-state index in [1.807, 2.05) is 6.92 Å². The fourth-order valence-corrected chi connectivity index (χ4v) is 1.49. The second-order valence-electron chi connectivity index (χ2n) is 4.12. The fraction of sp³-hybridized carbons (Fsp3) is 0.500. The summed E-state index contributed by atoms with van der Waals surface area (Å²) in [7, 11) is 0. The van der Waals surface area contributed by atoms with Crippen LogP contribution in [-0.2, 0) is 9.47 Å². The predicted molar refractivity (Wildman–Crippen MR) is 55.7 cm³/mol. The predicted octanol–water partition coefficient (Wildman–Crippen LogP) is 3.01. The first-order chi connectivity index (χ1) is 7.97. The van der Waals surface area contributed by atoms with Gasteiger partial charge >= 0.3 is 6.18 Å². The first-order valence-corrected chi connectivity index (χ1v) is 5.33. The van der Waals surface area contributed by atoms with Crippen LogP contribution in [0, 0.1) is 6.92 Å². The summed E-state index contributed by atoms with van der Waals surface area (Å²) in [4.78, 5) is 0. The Morgan fingerprint density at radius 2 is 1.94 bits per heavy atom. The molecule has 0 amide bonds. The van der Waals surface area contributed by atoms with Crippen LogP contribution in [0.2, 0.25) is 0 Å². The maximum absolute atomic E-state index is 12.8. The molecule has 1 aliphatic rings. The van der Waals surface area contributed by atoms with Crippen LogP contribution >= 0.6 is 0 Å². The average Bonchev–Trinajstić information content (AvgIpc) is 3.03. The standard InChI is InChI=1S/C12H13F3O2/c1-8-2-4-9(5-3-8)11(12(13,14)15)17-7-10-6-16-10/h2-5,10-11H,6-7H2,1H3/t10-,11-/m1/s1. The molecule has 0 unspecified atom stereocenters. The van der Waals surface area contributed by atoms with E-state index in [1.54, 1.807) is 12.1 Å². The number of alkyl halides is 3. The quantitative estimate of drug-likeness (QED) is 0.762. The van der Waals surface area contributed by atoms with Crippen molar-refractivity contribution >= 4 is 0 Å². The minimum Gasteiger partial charge on any atom is -0.371 e. The molecule has 0 spiro atoms. The molecule has 0 bridgehead atoms. The second-order valence-corrected chi connectivity index (χ2v) is 4.12. The van der Waals surface area contributed by atoms with Crippen molar-refractivity contribution in [1.29, 1.82) is 0 Å². The van der Waals surface area contributed by atoms with Gasteiger partial charge < -0.3 is 9.47 Å². The van der Waals surface area contributed by atoms with Gasteiger partial charge in [0.1, 0.15) is 6.10 Å². The van der Waals surface area contributed by atoms with E-state index in [9.17, 15) is 13.2 Å². The Balaban J connectivity index is 2.10. The van der Waals surface area contributed by atoms with Gasteiger partial charge in [0.2, 0.25) is 0 Å². The molecule has 0 N–H and O–H groups in total. The van der Waals surface area contributed by atoms with Gasteiger partial charge in [-0.15, -0.1) is 0 Å². The van der Waals surface area contributed by atoms with Crippen molar-refractivity contribution in [3.8, 4) is 0 Å². The summed E-state index contributed by atoms with van der Waals surface area (Å²) in [5, 5.41) is 0. The Bertz CT molecular complexity index is 368. The number of epoxide rings is 1. The van der Waals surface area contributed by atoms with Crippen LogP contribution in [0.3, 0.4) is 0 Å². The molecule has 1 aromatic rings. The lowest BCUT2D eigenvalue weighted by atomic mass is 10.1. The van der Waals surface area contributed by atoms with Crippen molar-refractivity contribution < 1.29 is 22.6 Å². The van der Waals surface area contributed by atoms with Crippen molar-refractivity contribution in [2.45, 2.75) is 25.3 Å². The molecule has 2 rings (SSSR count). The molecule has 1 saturated heterocycles. The van der Waals surface area contributed by atoms with Gasteiger partial charge in [-0.25, -0.2) is 0 Å². The van der Waals surface area contributed by atoms with Gasteiger partial charge in [-0.1, -0.05) is 29.8 Å². The van der Waals surface area contributed by atoms with E-state index in [4.69, 9.17) is 9.47 Å². The molecule has 0 aromatic heterocycles. The highest BCUT2D eigenvalue weighted by Gasteiger charge is 2.42. The summed E-state index contributed by atoms with van der Waals surface area (Å²) in [6.45, 7) is 2.29. The van der Waals surface area contributed by atoms with Crippen LogP contribution in [0.5, 0.6) is 0 Å². The molecule has 0 saturated carbocycles. The molecule has 1 fully saturated rings. The zero-order valence-electron chi connectivity index (χ0n) is 9.33. The van der Waals surface area contributed by atoms with Crippen LogP contribution in [0.15, 0.2) is 24.3 Å². The van der Waals surface area contributed by atoms with Crippen LogP contribution in [0.25, 0.3) is 0 Å². The largest absolute Gasteiger partial charge is 0.418 e. The molecule has 0 radical (unpaired) electrons. The lowest BCUT2D eigenvalue weighted by Gasteiger charge is -2.21. The number of hydrogen-bond acceptors (Lipinski definition) is 2. The molecular formula is C12H13F3O2. The SMILES string of the molecule is Cc1ccc([C@@H](OC[C@H]2CO2)C(F)(F)F)cc1. The highest BCUT2D eigenvalue weighted by atomic mass is 19.4. The smallest absolute Gasteiger partial charge is 0.371 e. The Morgan fingerprint density at radius 3 is 2.41 bits per heavy atom. The van der Waals surface area contributed by atoms with Crippen molar-refractivity contribution in [1.82, 2.24) is 0 Å². The van der Waals surface area contributed by atoms with Gasteiger partial charge in [0.15, 0.2) is 6.10 Å². The first-order valence-electron chi connectivity index (χ1n) is 5.33. The van der Waals surface area contributed by atoms with Crippen LogP contribution in [0.4, 0.5) is 13.2 Å². The molecule has 1 aromatic carbocycles. The van der Waals surface area contributed by atoms with E-state index < -0.39 is 12.3 Å². The molecule has 94 valence electrons. The molecule has 2 atom stereocenters. The number of halogens is 3. The number of ether oxygens (including phenoxy) is 2. The van der Waals surface area contributed by atoms with E-state index >= 15 is 0 Å². The zero-order chi connectivity index (χ0) is 12.5. The molecule has 0 aliphatic carbocycles. The minimum absolute atomic E-state index is 0.0158. The third-order valence-electron chi connectivity index (χ3n) is 2.53. The fourth-order valence-electron chi connectivity index (χ4n) is 1.49. The van der Waals surface area contributed by atoms with E-state index in [2.05, 4.69) is 0 Å². The first kappa shape index (κ1) is 12.4. The summed E-state index contributed by atoms with van der Waals surface area (Å²) in [6.07, 6.45) is -6.44. The molecular weight excluding hydrogens is 233 g/mol. The summed E-state index contributed by atoms with van der Waals surface area (Å²) < 4.78 is 48.2. The second kappa shape index (κ2) is 4.66. The van der Waals surface area contributed by atoms with Crippen molar-refractivity contribution in [3.05, 3.63) is 35.4 Å². The van der Waals surface area contributed by atoms with Gasteiger partial charge in [-0.3, -0.25) is 0 Å². The lowest BCUT2D eigenvalue weighted by Crippen LogP contribution is -2.25. The third-order valence-corrected chi connectivity index (χ3v) is 2.53. The summed E-state index contributed by atoms with van der Waals surface area (Å²) in [5.41, 5.74) is 1.05. The number of aryl methyl sites for hydroxylation is 1. The summed E-state index contributed by atoms with van der Waals surface area (Å²) in [6, 6.07) is 6.18. The van der Waals surface area contributed by atoms with E-state index in [1.165, 1.54) is 12.1 Å². The Labute approximate surface area is 97.3 Å². The normalized spacial score (nSPS) is 21.3. The van der Waals surface area contributed by atoms with Crippen molar-refractivity contribution in [2.24, 2.45) is 0 Å². The van der Waals surface area contributed by atoms with Crippen molar-refractivity contribution in [2.75, 3.05) is 13.2 Å². The van der Waals surface area contributed by atoms with Gasteiger partial charge in [-0.05, 0) is 12.5 Å². The van der Waals surface area contributed by atoms with Gasteiger partial charge in [-0.2, -0.15) is 13.2 Å². The van der Waals surface area contributed by atoms with E-state index in [0.29, 0.717) is 6.61 Å². The lowest BCUT2D eigenvalue weighted by molar-refractivity contribution is -0.224. The Kier molecular flexibility index (Phi) is 3.40. The minimum atomic E-state index is -4.40. The maximum atomic E-state index is 12.8. The summed E-state index contributed by atoms with van der Waals surface area (Å²) >= 11 is 0. The van der Waals surface area contributed by atoms with Crippen molar-refractivity contribution in [3.63, 3.8) is 0 Å². The number of hydrogen-bond donors (Lipinski definition) is 0.